The van der Waals surface area contributed by atoms with Gasteiger partial charge in [0, 0.05) is 6.42 Å². The fourth-order valence-corrected chi connectivity index (χ4v) is 2.24. The minimum atomic E-state index is -0.979. The van der Waals surface area contributed by atoms with Gasteiger partial charge in [-0.3, -0.25) is 0 Å². The third-order valence-corrected chi connectivity index (χ3v) is 3.08. The first-order valence-corrected chi connectivity index (χ1v) is 5.87. The Balaban J connectivity index is 2.50. The molecule has 84 valence electrons. The molecule has 2 aromatic heterocycles. The van der Waals surface area contributed by atoms with E-state index in [2.05, 4.69) is 5.16 Å². The molecule has 1 N–H and O–H groups in total. The summed E-state index contributed by atoms with van der Waals surface area (Å²) in [5, 5.41) is 14.9. The first-order chi connectivity index (χ1) is 7.74. The highest BCUT2D eigenvalue weighted by Crippen LogP contribution is 2.29. The van der Waals surface area contributed by atoms with E-state index < -0.39 is 5.97 Å². The van der Waals surface area contributed by atoms with E-state index in [4.69, 9.17) is 9.63 Å². The molecule has 0 saturated carbocycles. The monoisotopic (exact) mass is 237 g/mol. The van der Waals surface area contributed by atoms with Crippen molar-refractivity contribution in [1.82, 2.24) is 5.16 Å². The molecule has 4 nitrogen and oxygen atoms in total. The van der Waals surface area contributed by atoms with Gasteiger partial charge in [0.05, 0.1) is 4.88 Å². The van der Waals surface area contributed by atoms with Crippen LogP contribution in [0.25, 0.3) is 10.6 Å². The van der Waals surface area contributed by atoms with E-state index in [9.17, 15) is 4.79 Å². The molecule has 0 bridgehead atoms. The van der Waals surface area contributed by atoms with E-state index in [1.54, 1.807) is 0 Å². The quantitative estimate of drug-likeness (QED) is 0.887. The normalized spacial score (nSPS) is 10.6. The topological polar surface area (TPSA) is 63.3 Å². The van der Waals surface area contributed by atoms with Crippen molar-refractivity contribution in [3.8, 4) is 10.6 Å². The largest absolute Gasteiger partial charge is 0.477 e. The molecule has 0 saturated heterocycles. The van der Waals surface area contributed by atoms with Crippen LogP contribution < -0.4 is 0 Å². The van der Waals surface area contributed by atoms with Crippen LogP contribution in [0.15, 0.2) is 22.0 Å². The number of thiophene rings is 1. The zero-order valence-electron chi connectivity index (χ0n) is 8.77. The van der Waals surface area contributed by atoms with Gasteiger partial charge in [0.15, 0.2) is 5.76 Å². The second-order valence-corrected chi connectivity index (χ2v) is 4.31. The smallest absolute Gasteiger partial charge is 0.341 e. The molecule has 0 aliphatic carbocycles. The summed E-state index contributed by atoms with van der Waals surface area (Å²) < 4.78 is 5.10. The van der Waals surface area contributed by atoms with Crippen LogP contribution in [0.3, 0.4) is 0 Å². The number of hydrogen-bond donors (Lipinski definition) is 1. The van der Waals surface area contributed by atoms with Gasteiger partial charge in [-0.25, -0.2) is 4.79 Å². The van der Waals surface area contributed by atoms with Crippen molar-refractivity contribution in [3.63, 3.8) is 0 Å². The molecule has 0 radical (unpaired) electrons. The summed E-state index contributed by atoms with van der Waals surface area (Å²) in [5.74, 6) is -0.522. The van der Waals surface area contributed by atoms with Crippen LogP contribution >= 0.6 is 11.3 Å². The van der Waals surface area contributed by atoms with Crippen LogP contribution in [0.4, 0.5) is 0 Å². The summed E-state index contributed by atoms with van der Waals surface area (Å²) in [7, 11) is 0. The highest BCUT2D eigenvalue weighted by molar-refractivity contribution is 7.13. The highest BCUT2D eigenvalue weighted by atomic mass is 32.1. The van der Waals surface area contributed by atoms with Gasteiger partial charge in [-0.1, -0.05) is 18.1 Å². The third kappa shape index (κ3) is 1.86. The zero-order chi connectivity index (χ0) is 11.5. The minimum Gasteiger partial charge on any atom is -0.477 e. The molecular weight excluding hydrogens is 226 g/mol. The maximum absolute atomic E-state index is 11.2. The van der Waals surface area contributed by atoms with Crippen LogP contribution in [-0.4, -0.2) is 16.2 Å². The van der Waals surface area contributed by atoms with E-state index >= 15 is 0 Å². The van der Waals surface area contributed by atoms with Crippen LogP contribution in [0.2, 0.25) is 0 Å². The van der Waals surface area contributed by atoms with Crippen molar-refractivity contribution < 1.29 is 14.4 Å². The Labute approximate surface area is 96.5 Å². The predicted octanol–water partition coefficient (Wildman–Crippen LogP) is 3.05. The SMILES string of the molecule is CCCc1onc(-c2cccs2)c1C(=O)O. The molecule has 0 atom stereocenters. The molecule has 0 aromatic carbocycles. The fourth-order valence-electron chi connectivity index (χ4n) is 1.52. The van der Waals surface area contributed by atoms with Crippen molar-refractivity contribution in [2.75, 3.05) is 0 Å². The number of aryl methyl sites for hydroxylation is 1. The number of carboxylic acids is 1. The Bertz CT molecular complexity index is 487. The van der Waals surface area contributed by atoms with Crippen molar-refractivity contribution in [1.29, 1.82) is 0 Å². The molecule has 0 aliphatic heterocycles. The molecule has 5 heteroatoms. The van der Waals surface area contributed by atoms with Gasteiger partial charge in [0.1, 0.15) is 11.3 Å². The van der Waals surface area contributed by atoms with E-state index in [0.29, 0.717) is 17.9 Å². The maximum Gasteiger partial charge on any atom is 0.341 e. The molecule has 16 heavy (non-hydrogen) atoms. The summed E-state index contributed by atoms with van der Waals surface area (Å²) in [6.45, 7) is 1.97. The van der Waals surface area contributed by atoms with Crippen molar-refractivity contribution >= 4 is 17.3 Å². The van der Waals surface area contributed by atoms with Gasteiger partial charge in [-0.2, -0.15) is 0 Å². The average molecular weight is 237 g/mol. The standard InChI is InChI=1S/C11H11NO3S/c1-2-4-7-9(11(13)14)10(12-15-7)8-5-3-6-16-8/h3,5-6H,2,4H2,1H3,(H,13,14). The van der Waals surface area contributed by atoms with E-state index in [1.165, 1.54) is 11.3 Å². The Hall–Kier alpha value is -1.62. The molecule has 2 heterocycles. The van der Waals surface area contributed by atoms with Gasteiger partial charge >= 0.3 is 5.97 Å². The number of aromatic carboxylic acids is 1. The molecule has 0 fully saturated rings. The number of aromatic nitrogens is 1. The third-order valence-electron chi connectivity index (χ3n) is 2.21. The molecule has 2 aromatic rings. The Kier molecular flexibility index (Phi) is 3.05. The summed E-state index contributed by atoms with van der Waals surface area (Å²) in [6.07, 6.45) is 1.43. The van der Waals surface area contributed by atoms with Crippen LogP contribution in [-0.2, 0) is 6.42 Å². The lowest BCUT2D eigenvalue weighted by Crippen LogP contribution is -2.00. The molecule has 0 spiro atoms. The number of carbonyl (C=O) groups is 1. The van der Waals surface area contributed by atoms with Crippen molar-refractivity contribution in [3.05, 3.63) is 28.8 Å². The van der Waals surface area contributed by atoms with Gasteiger partial charge in [-0.15, -0.1) is 11.3 Å². The molecule has 0 amide bonds. The summed E-state index contributed by atoms with van der Waals surface area (Å²) >= 11 is 1.45. The maximum atomic E-state index is 11.2. The minimum absolute atomic E-state index is 0.198. The molecule has 0 aliphatic rings. The first kappa shape index (κ1) is 10.9. The van der Waals surface area contributed by atoms with E-state index in [1.807, 2.05) is 24.4 Å². The van der Waals surface area contributed by atoms with Crippen LogP contribution in [0, 0.1) is 0 Å². The average Bonchev–Trinajstić information content (AvgIpc) is 2.83. The highest BCUT2D eigenvalue weighted by Gasteiger charge is 2.23. The number of nitrogens with zero attached hydrogens (tertiary/aromatic N) is 1. The van der Waals surface area contributed by atoms with Gasteiger partial charge < -0.3 is 9.63 Å². The van der Waals surface area contributed by atoms with Crippen LogP contribution in [0.1, 0.15) is 29.5 Å². The van der Waals surface area contributed by atoms with E-state index in [0.717, 1.165) is 11.3 Å². The molecule has 2 rings (SSSR count). The second-order valence-electron chi connectivity index (χ2n) is 3.36. The predicted molar refractivity (Wildman–Crippen MR) is 60.8 cm³/mol. The summed E-state index contributed by atoms with van der Waals surface area (Å²) in [4.78, 5) is 12.0. The molecular formula is C11H11NO3S. The number of rotatable bonds is 4. The summed E-state index contributed by atoms with van der Waals surface area (Å²) in [6, 6.07) is 3.70. The lowest BCUT2D eigenvalue weighted by atomic mass is 10.1. The lowest BCUT2D eigenvalue weighted by molar-refractivity contribution is 0.0695. The Morgan fingerprint density at radius 1 is 1.62 bits per heavy atom. The van der Waals surface area contributed by atoms with Crippen molar-refractivity contribution in [2.24, 2.45) is 0 Å². The Morgan fingerprint density at radius 3 is 3.00 bits per heavy atom. The van der Waals surface area contributed by atoms with Crippen LogP contribution in [0.5, 0.6) is 0 Å². The number of carboxylic acid groups (broad SMARTS) is 1. The van der Waals surface area contributed by atoms with E-state index in [-0.39, 0.29) is 5.56 Å². The van der Waals surface area contributed by atoms with Gasteiger partial charge in [-0.05, 0) is 17.9 Å². The zero-order valence-corrected chi connectivity index (χ0v) is 9.58. The second kappa shape index (κ2) is 4.49. The van der Waals surface area contributed by atoms with Gasteiger partial charge in [0.2, 0.25) is 0 Å². The number of hydrogen-bond acceptors (Lipinski definition) is 4. The van der Waals surface area contributed by atoms with Gasteiger partial charge in [0.25, 0.3) is 0 Å². The first-order valence-electron chi connectivity index (χ1n) is 4.99. The Morgan fingerprint density at radius 2 is 2.44 bits per heavy atom. The summed E-state index contributed by atoms with van der Waals surface area (Å²) in [5.41, 5.74) is 0.634. The fraction of sp³-hybridized carbons (Fsp3) is 0.273. The van der Waals surface area contributed by atoms with Crippen molar-refractivity contribution in [2.45, 2.75) is 19.8 Å². The molecule has 0 unspecified atom stereocenters. The lowest BCUT2D eigenvalue weighted by Gasteiger charge is -1.95.